The van der Waals surface area contributed by atoms with Gasteiger partial charge in [-0.2, -0.15) is 5.10 Å². The first-order valence-corrected chi connectivity index (χ1v) is 9.80. The number of carbonyl (C=O) groups is 2. The Balaban J connectivity index is 1.67. The Morgan fingerprint density at radius 1 is 1.14 bits per heavy atom. The van der Waals surface area contributed by atoms with Gasteiger partial charge in [0.05, 0.1) is 12.2 Å². The van der Waals surface area contributed by atoms with E-state index in [0.717, 1.165) is 25.7 Å². The average molecular weight is 403 g/mol. The van der Waals surface area contributed by atoms with E-state index >= 15 is 0 Å². The fraction of sp³-hybridized carbons (Fsp3) is 0.400. The Kier molecular flexibility index (Phi) is 7.19. The van der Waals surface area contributed by atoms with E-state index < -0.39 is 0 Å². The summed E-state index contributed by atoms with van der Waals surface area (Å²) in [6.45, 7) is 2.19. The quantitative estimate of drug-likeness (QED) is 0.792. The molecular weight excluding hydrogens is 380 g/mol. The molecule has 1 aromatic carbocycles. The van der Waals surface area contributed by atoms with Crippen LogP contribution in [0, 0.1) is 0 Å². The van der Waals surface area contributed by atoms with Crippen molar-refractivity contribution in [1.29, 1.82) is 0 Å². The Bertz CT molecular complexity index is 816. The Morgan fingerprint density at radius 2 is 1.96 bits per heavy atom. The molecule has 8 heteroatoms. The van der Waals surface area contributed by atoms with Gasteiger partial charge in [0.1, 0.15) is 5.75 Å². The van der Waals surface area contributed by atoms with Crippen molar-refractivity contribution in [3.05, 3.63) is 52.8 Å². The third-order valence-corrected chi connectivity index (χ3v) is 4.72. The van der Waals surface area contributed by atoms with Gasteiger partial charge in [-0.1, -0.05) is 11.6 Å². The van der Waals surface area contributed by atoms with Crippen LogP contribution in [0.25, 0.3) is 0 Å². The molecule has 0 bridgehead atoms. The largest absolute Gasteiger partial charge is 0.493 e. The lowest BCUT2D eigenvalue weighted by Gasteiger charge is -2.23. The van der Waals surface area contributed by atoms with Crippen LogP contribution < -0.4 is 10.1 Å². The predicted molar refractivity (Wildman–Crippen MR) is 106 cm³/mol. The number of hydrogen-bond acceptors (Lipinski definition) is 5. The van der Waals surface area contributed by atoms with Gasteiger partial charge in [-0.05, 0) is 56.0 Å². The monoisotopic (exact) mass is 402 g/mol. The van der Waals surface area contributed by atoms with Gasteiger partial charge in [0.2, 0.25) is 0 Å². The van der Waals surface area contributed by atoms with E-state index in [0.29, 0.717) is 48.3 Å². The first kappa shape index (κ1) is 20.1. The maximum absolute atomic E-state index is 12.7. The zero-order valence-corrected chi connectivity index (χ0v) is 16.3. The number of nitrogens with zero attached hydrogens (tertiary/aromatic N) is 3. The third kappa shape index (κ3) is 5.42. The molecule has 1 aliphatic heterocycles. The molecule has 148 valence electrons. The minimum Gasteiger partial charge on any atom is -0.493 e. The molecule has 0 saturated carbocycles. The second-order valence-corrected chi connectivity index (χ2v) is 7.00. The molecule has 0 saturated heterocycles. The van der Waals surface area contributed by atoms with Crippen LogP contribution in [0.1, 0.15) is 46.5 Å². The molecule has 2 aromatic rings. The molecule has 1 aliphatic rings. The van der Waals surface area contributed by atoms with Crippen molar-refractivity contribution < 1.29 is 14.3 Å². The number of nitrogens with one attached hydrogen (secondary N) is 1. The van der Waals surface area contributed by atoms with E-state index in [-0.39, 0.29) is 11.8 Å². The topological polar surface area (TPSA) is 84.4 Å². The number of fused-ring (bicyclic) bond motifs is 1. The van der Waals surface area contributed by atoms with Crippen LogP contribution in [0.3, 0.4) is 0 Å². The molecule has 0 aliphatic carbocycles. The number of rotatable bonds is 1. The summed E-state index contributed by atoms with van der Waals surface area (Å²) < 4.78 is 5.79. The van der Waals surface area contributed by atoms with Gasteiger partial charge < -0.3 is 15.0 Å². The second-order valence-electron chi connectivity index (χ2n) is 6.56. The highest BCUT2D eigenvalue weighted by molar-refractivity contribution is 6.31. The second kappa shape index (κ2) is 10.0. The number of amides is 2. The van der Waals surface area contributed by atoms with Gasteiger partial charge in [-0.3, -0.25) is 9.59 Å². The molecule has 0 unspecified atom stereocenters. The summed E-state index contributed by atoms with van der Waals surface area (Å²) in [5.74, 6) is 0.193. The summed E-state index contributed by atoms with van der Waals surface area (Å²) in [7, 11) is 0. The molecule has 0 fully saturated rings. The van der Waals surface area contributed by atoms with E-state index in [9.17, 15) is 9.59 Å². The van der Waals surface area contributed by atoms with Crippen LogP contribution >= 0.6 is 11.6 Å². The molecule has 28 heavy (non-hydrogen) atoms. The van der Waals surface area contributed by atoms with Gasteiger partial charge in [0, 0.05) is 30.9 Å². The summed E-state index contributed by atoms with van der Waals surface area (Å²) in [5.41, 5.74) is 0.794. The summed E-state index contributed by atoms with van der Waals surface area (Å²) in [6, 6.07) is 8.42. The van der Waals surface area contributed by atoms with Crippen molar-refractivity contribution >= 4 is 23.4 Å². The minimum absolute atomic E-state index is 0.120. The number of aromatic nitrogens is 2. The number of hydrogen-bond donors (Lipinski definition) is 1. The van der Waals surface area contributed by atoms with Crippen LogP contribution in [0.5, 0.6) is 5.75 Å². The molecule has 2 heterocycles. The summed E-state index contributed by atoms with van der Waals surface area (Å²) in [4.78, 5) is 26.9. The van der Waals surface area contributed by atoms with Gasteiger partial charge in [0.25, 0.3) is 11.8 Å². The Labute approximate surface area is 169 Å². The van der Waals surface area contributed by atoms with E-state index in [1.165, 1.54) is 0 Å². The van der Waals surface area contributed by atoms with Crippen molar-refractivity contribution in [3.63, 3.8) is 0 Å². The molecule has 0 radical (unpaired) electrons. The molecule has 0 atom stereocenters. The maximum atomic E-state index is 12.7. The van der Waals surface area contributed by atoms with Gasteiger partial charge in [0.15, 0.2) is 5.69 Å². The lowest BCUT2D eigenvalue weighted by molar-refractivity contribution is 0.0738. The molecular formula is C20H23ClN4O3. The fourth-order valence-corrected chi connectivity index (χ4v) is 3.18. The van der Waals surface area contributed by atoms with E-state index in [2.05, 4.69) is 15.5 Å². The van der Waals surface area contributed by atoms with Gasteiger partial charge >= 0.3 is 0 Å². The summed E-state index contributed by atoms with van der Waals surface area (Å²) in [5, 5.41) is 11.1. The normalized spacial score (nSPS) is 16.3. The lowest BCUT2D eigenvalue weighted by atomic mass is 10.1. The maximum Gasteiger partial charge on any atom is 0.274 e. The summed E-state index contributed by atoms with van der Waals surface area (Å²) >= 11 is 6.03. The highest BCUT2D eigenvalue weighted by atomic mass is 35.5. The fourth-order valence-electron chi connectivity index (χ4n) is 3.01. The molecule has 0 spiro atoms. The predicted octanol–water partition coefficient (Wildman–Crippen LogP) is 2.96. The first-order valence-electron chi connectivity index (χ1n) is 9.42. The number of benzene rings is 1. The first-order chi connectivity index (χ1) is 13.6. The number of ether oxygens (including phenoxy) is 1. The highest BCUT2D eigenvalue weighted by Crippen LogP contribution is 2.23. The van der Waals surface area contributed by atoms with Crippen LogP contribution in [0.15, 0.2) is 36.5 Å². The molecule has 2 amide bonds. The standard InChI is InChI=1S/C20H23ClN4O3/c21-15-7-8-18-16(14-15)19(26)22-9-1-2-11-25(12-3-4-13-28-18)20(27)17-6-5-10-23-24-17/h5-8,10,14H,1-4,9,11-13H2,(H,22,26). The van der Waals surface area contributed by atoms with Crippen molar-refractivity contribution in [2.45, 2.75) is 25.7 Å². The zero-order valence-electron chi connectivity index (χ0n) is 15.6. The van der Waals surface area contributed by atoms with Crippen LogP contribution in [-0.2, 0) is 0 Å². The van der Waals surface area contributed by atoms with E-state index in [1.54, 1.807) is 41.4 Å². The van der Waals surface area contributed by atoms with E-state index in [4.69, 9.17) is 16.3 Å². The van der Waals surface area contributed by atoms with Crippen molar-refractivity contribution in [3.8, 4) is 5.75 Å². The third-order valence-electron chi connectivity index (χ3n) is 4.49. The smallest absolute Gasteiger partial charge is 0.274 e. The van der Waals surface area contributed by atoms with Crippen molar-refractivity contribution in [2.75, 3.05) is 26.2 Å². The van der Waals surface area contributed by atoms with E-state index in [1.807, 2.05) is 0 Å². The van der Waals surface area contributed by atoms with Gasteiger partial charge in [-0.25, -0.2) is 0 Å². The Morgan fingerprint density at radius 3 is 2.75 bits per heavy atom. The molecule has 1 aromatic heterocycles. The average Bonchev–Trinajstić information content (AvgIpc) is 2.72. The molecule has 1 N–H and O–H groups in total. The summed E-state index contributed by atoms with van der Waals surface area (Å²) in [6.07, 6.45) is 4.64. The van der Waals surface area contributed by atoms with Crippen molar-refractivity contribution in [1.82, 2.24) is 20.4 Å². The number of carbonyl (C=O) groups excluding carboxylic acids is 2. The highest BCUT2D eigenvalue weighted by Gasteiger charge is 2.18. The SMILES string of the molecule is O=C1NCCCCN(C(=O)c2cccnn2)CCCCOc2ccc(Cl)cc21. The van der Waals surface area contributed by atoms with Crippen LogP contribution in [-0.4, -0.2) is 53.2 Å². The van der Waals surface area contributed by atoms with Crippen molar-refractivity contribution in [2.24, 2.45) is 0 Å². The van der Waals surface area contributed by atoms with Crippen LogP contribution in [0.2, 0.25) is 5.02 Å². The minimum atomic E-state index is -0.206. The van der Waals surface area contributed by atoms with Gasteiger partial charge in [-0.15, -0.1) is 5.10 Å². The Hall–Kier alpha value is -2.67. The van der Waals surface area contributed by atoms with Crippen LogP contribution in [0.4, 0.5) is 0 Å². The zero-order chi connectivity index (χ0) is 19.8. The number of halogens is 1. The molecule has 3 rings (SSSR count). The lowest BCUT2D eigenvalue weighted by Crippen LogP contribution is -2.34. The molecule has 7 nitrogen and oxygen atoms in total.